The van der Waals surface area contributed by atoms with Crippen molar-refractivity contribution in [3.63, 3.8) is 0 Å². The number of pyridine rings is 1. The summed E-state index contributed by atoms with van der Waals surface area (Å²) in [6.45, 7) is 3.06. The fraction of sp³-hybridized carbons (Fsp3) is 0.357. The van der Waals surface area contributed by atoms with E-state index in [1.54, 1.807) is 10.6 Å². The zero-order valence-electron chi connectivity index (χ0n) is 12.1. The van der Waals surface area contributed by atoms with E-state index in [0.29, 0.717) is 17.8 Å². The van der Waals surface area contributed by atoms with E-state index < -0.39 is 24.5 Å². The van der Waals surface area contributed by atoms with Gasteiger partial charge in [0.05, 0.1) is 12.3 Å². The third-order valence-electron chi connectivity index (χ3n) is 3.28. The fourth-order valence-corrected chi connectivity index (χ4v) is 2.76. The van der Waals surface area contributed by atoms with Crippen LogP contribution in [0.3, 0.4) is 0 Å². The van der Waals surface area contributed by atoms with Gasteiger partial charge in [-0.2, -0.15) is 0 Å². The Bertz CT molecular complexity index is 741. The van der Waals surface area contributed by atoms with Crippen molar-refractivity contribution in [1.29, 1.82) is 0 Å². The standard InChI is InChI=1S/C14H16BrN3O4/c1-3-9-11(13(20)17-10(6-19)14(21)22)18-5-8(15)4-7(2)12(18)16-9/h4-5,10,19H,3,6H2,1-2H3,(H,17,20)(H,21,22). The van der Waals surface area contributed by atoms with Crippen LogP contribution >= 0.6 is 15.9 Å². The Morgan fingerprint density at radius 3 is 2.73 bits per heavy atom. The zero-order valence-corrected chi connectivity index (χ0v) is 13.7. The van der Waals surface area contributed by atoms with Crippen molar-refractivity contribution in [2.45, 2.75) is 26.3 Å². The summed E-state index contributed by atoms with van der Waals surface area (Å²) in [6.07, 6.45) is 2.23. The van der Waals surface area contributed by atoms with Crippen LogP contribution in [-0.2, 0) is 11.2 Å². The predicted octanol–water partition coefficient (Wildman–Crippen LogP) is 1.14. The van der Waals surface area contributed by atoms with Crippen LogP contribution in [0, 0.1) is 6.92 Å². The number of fused-ring (bicyclic) bond motifs is 1. The first kappa shape index (κ1) is 16.4. The van der Waals surface area contributed by atoms with E-state index in [1.807, 2.05) is 19.9 Å². The number of carboxylic acid groups (broad SMARTS) is 1. The summed E-state index contributed by atoms with van der Waals surface area (Å²) >= 11 is 3.37. The molecule has 1 atom stereocenters. The molecule has 0 aromatic carbocycles. The number of amides is 1. The number of hydrogen-bond donors (Lipinski definition) is 3. The monoisotopic (exact) mass is 369 g/mol. The smallest absolute Gasteiger partial charge is 0.328 e. The number of halogens is 1. The number of aliphatic carboxylic acids is 1. The molecular weight excluding hydrogens is 354 g/mol. The minimum atomic E-state index is -1.35. The number of carbonyl (C=O) groups excluding carboxylic acids is 1. The lowest BCUT2D eigenvalue weighted by Crippen LogP contribution is -2.43. The van der Waals surface area contributed by atoms with Crippen LogP contribution in [0.4, 0.5) is 0 Å². The van der Waals surface area contributed by atoms with E-state index in [0.717, 1.165) is 10.0 Å². The molecule has 2 aromatic heterocycles. The van der Waals surface area contributed by atoms with Gasteiger partial charge in [0.1, 0.15) is 11.3 Å². The molecule has 22 heavy (non-hydrogen) atoms. The Balaban J connectivity index is 2.53. The van der Waals surface area contributed by atoms with Crippen LogP contribution in [0.1, 0.15) is 28.7 Å². The number of aromatic nitrogens is 2. The van der Waals surface area contributed by atoms with E-state index in [9.17, 15) is 9.59 Å². The number of aliphatic hydroxyl groups excluding tert-OH is 1. The Morgan fingerprint density at radius 1 is 1.50 bits per heavy atom. The van der Waals surface area contributed by atoms with Gasteiger partial charge in [-0.25, -0.2) is 9.78 Å². The summed E-state index contributed by atoms with van der Waals surface area (Å²) in [6, 6.07) is 0.535. The highest BCUT2D eigenvalue weighted by molar-refractivity contribution is 9.10. The molecule has 2 aromatic rings. The summed E-state index contributed by atoms with van der Waals surface area (Å²) in [7, 11) is 0. The lowest BCUT2D eigenvalue weighted by Gasteiger charge is -2.12. The van der Waals surface area contributed by atoms with Crippen LogP contribution in [0.5, 0.6) is 0 Å². The number of carbonyl (C=O) groups is 2. The van der Waals surface area contributed by atoms with Gasteiger partial charge in [-0.3, -0.25) is 9.20 Å². The highest BCUT2D eigenvalue weighted by Crippen LogP contribution is 2.21. The van der Waals surface area contributed by atoms with E-state index in [1.165, 1.54) is 0 Å². The van der Waals surface area contributed by atoms with Gasteiger partial charge in [0, 0.05) is 10.7 Å². The van der Waals surface area contributed by atoms with Gasteiger partial charge in [-0.05, 0) is 40.9 Å². The number of nitrogens with zero attached hydrogens (tertiary/aromatic N) is 2. The first-order valence-corrected chi connectivity index (χ1v) is 7.49. The molecule has 1 amide bonds. The maximum Gasteiger partial charge on any atom is 0.328 e. The van der Waals surface area contributed by atoms with Crippen molar-refractivity contribution in [2.24, 2.45) is 0 Å². The Hall–Kier alpha value is -1.93. The molecule has 0 spiro atoms. The van der Waals surface area contributed by atoms with Crippen LogP contribution in [0.2, 0.25) is 0 Å². The molecule has 0 bridgehead atoms. The molecule has 7 nitrogen and oxygen atoms in total. The van der Waals surface area contributed by atoms with Gasteiger partial charge < -0.3 is 15.5 Å². The molecule has 0 aliphatic carbocycles. The molecule has 0 aliphatic rings. The number of carboxylic acids is 1. The maximum absolute atomic E-state index is 12.4. The van der Waals surface area contributed by atoms with Crippen LogP contribution in [0.15, 0.2) is 16.7 Å². The van der Waals surface area contributed by atoms with Crippen molar-refractivity contribution in [2.75, 3.05) is 6.61 Å². The van der Waals surface area contributed by atoms with Gasteiger partial charge in [0.2, 0.25) is 0 Å². The van der Waals surface area contributed by atoms with Gasteiger partial charge in [0.15, 0.2) is 6.04 Å². The van der Waals surface area contributed by atoms with Crippen molar-refractivity contribution in [3.8, 4) is 0 Å². The topological polar surface area (TPSA) is 104 Å². The van der Waals surface area contributed by atoms with Crippen LogP contribution < -0.4 is 5.32 Å². The molecule has 2 heterocycles. The van der Waals surface area contributed by atoms with Crippen molar-refractivity contribution in [3.05, 3.63) is 33.7 Å². The predicted molar refractivity (Wildman–Crippen MR) is 83.0 cm³/mol. The molecule has 1 unspecified atom stereocenters. The Kier molecular flexibility index (Phi) is 4.82. The lowest BCUT2D eigenvalue weighted by atomic mass is 10.2. The molecule has 8 heteroatoms. The number of hydrogen-bond acceptors (Lipinski definition) is 4. The number of nitrogens with one attached hydrogen (secondary N) is 1. The average molecular weight is 370 g/mol. The SMILES string of the molecule is CCc1nc2c(C)cc(Br)cn2c1C(=O)NC(CO)C(=O)O. The fourth-order valence-electron chi connectivity index (χ4n) is 2.21. The second kappa shape index (κ2) is 6.45. The van der Waals surface area contributed by atoms with Crippen molar-refractivity contribution < 1.29 is 19.8 Å². The number of rotatable bonds is 5. The third-order valence-corrected chi connectivity index (χ3v) is 3.71. The molecule has 0 aliphatic heterocycles. The normalized spacial score (nSPS) is 12.4. The van der Waals surface area contributed by atoms with E-state index in [4.69, 9.17) is 10.2 Å². The van der Waals surface area contributed by atoms with Gasteiger partial charge in [-0.1, -0.05) is 6.92 Å². The lowest BCUT2D eigenvalue weighted by molar-refractivity contribution is -0.140. The minimum Gasteiger partial charge on any atom is -0.480 e. The first-order chi connectivity index (χ1) is 10.4. The number of aryl methyl sites for hydroxylation is 2. The van der Waals surface area contributed by atoms with Gasteiger partial charge in [-0.15, -0.1) is 0 Å². The van der Waals surface area contributed by atoms with E-state index in [2.05, 4.69) is 26.2 Å². The van der Waals surface area contributed by atoms with Gasteiger partial charge in [0.25, 0.3) is 5.91 Å². The second-order valence-electron chi connectivity index (χ2n) is 4.84. The Labute approximate surface area is 135 Å². The van der Waals surface area contributed by atoms with Crippen LogP contribution in [0.25, 0.3) is 5.65 Å². The highest BCUT2D eigenvalue weighted by atomic mass is 79.9. The van der Waals surface area contributed by atoms with Crippen LogP contribution in [-0.4, -0.2) is 44.1 Å². The average Bonchev–Trinajstić information content (AvgIpc) is 2.82. The zero-order chi connectivity index (χ0) is 16.4. The number of imidazole rings is 1. The van der Waals surface area contributed by atoms with Crippen molar-refractivity contribution >= 4 is 33.5 Å². The number of aliphatic hydroxyl groups is 1. The quantitative estimate of drug-likeness (QED) is 0.733. The summed E-state index contributed by atoms with van der Waals surface area (Å²) in [5.41, 5.74) is 2.38. The highest BCUT2D eigenvalue weighted by Gasteiger charge is 2.24. The third kappa shape index (κ3) is 2.97. The largest absolute Gasteiger partial charge is 0.480 e. The summed E-state index contributed by atoms with van der Waals surface area (Å²) < 4.78 is 2.41. The minimum absolute atomic E-state index is 0.279. The first-order valence-electron chi connectivity index (χ1n) is 6.70. The summed E-state index contributed by atoms with van der Waals surface area (Å²) in [5.74, 6) is -1.87. The summed E-state index contributed by atoms with van der Waals surface area (Å²) in [5, 5.41) is 20.3. The molecule has 0 radical (unpaired) electrons. The molecular formula is C14H16BrN3O4. The molecule has 2 rings (SSSR count). The van der Waals surface area contributed by atoms with E-state index in [-0.39, 0.29) is 5.69 Å². The maximum atomic E-state index is 12.4. The second-order valence-corrected chi connectivity index (χ2v) is 5.76. The molecule has 3 N–H and O–H groups in total. The molecule has 0 fully saturated rings. The molecule has 0 saturated carbocycles. The van der Waals surface area contributed by atoms with E-state index >= 15 is 0 Å². The molecule has 0 saturated heterocycles. The van der Waals surface area contributed by atoms with Crippen molar-refractivity contribution in [1.82, 2.24) is 14.7 Å². The molecule has 118 valence electrons. The Morgan fingerprint density at radius 2 is 2.18 bits per heavy atom. The summed E-state index contributed by atoms with van der Waals surface area (Å²) in [4.78, 5) is 27.8. The van der Waals surface area contributed by atoms with Gasteiger partial charge >= 0.3 is 5.97 Å².